The van der Waals surface area contributed by atoms with E-state index in [9.17, 15) is 14.7 Å². The minimum Gasteiger partial charge on any atom is -0.480 e. The lowest BCUT2D eigenvalue weighted by Crippen LogP contribution is -2.48. The number of hydrogen-bond donors (Lipinski definition) is 3. The Morgan fingerprint density at radius 2 is 2.15 bits per heavy atom. The summed E-state index contributed by atoms with van der Waals surface area (Å²) >= 11 is 1.56. The van der Waals surface area contributed by atoms with E-state index in [0.717, 1.165) is 12.8 Å². The molecular formula is C13H22N2O4S. The number of carbonyl (C=O) groups is 2. The van der Waals surface area contributed by atoms with Crippen molar-refractivity contribution in [1.29, 1.82) is 0 Å². The Morgan fingerprint density at radius 3 is 2.75 bits per heavy atom. The molecule has 0 bridgehead atoms. The van der Waals surface area contributed by atoms with Crippen LogP contribution in [-0.4, -0.2) is 64.4 Å². The van der Waals surface area contributed by atoms with Gasteiger partial charge in [0.15, 0.2) is 0 Å². The number of hydrogen-bond acceptors (Lipinski definition) is 4. The van der Waals surface area contributed by atoms with Crippen LogP contribution in [0, 0.1) is 11.8 Å². The fraction of sp³-hybridized carbons (Fsp3) is 0.846. The number of amides is 2. The molecule has 0 radical (unpaired) electrons. The molecule has 1 saturated carbocycles. The van der Waals surface area contributed by atoms with E-state index in [1.807, 2.05) is 6.26 Å². The van der Waals surface area contributed by atoms with Gasteiger partial charge in [-0.1, -0.05) is 0 Å². The molecule has 1 aliphatic heterocycles. The SMILES string of the molecule is CSCC[C@@H](NC(=O)N1CC2CCC(O)C2C1)C(=O)O. The normalized spacial score (nSPS) is 30.1. The van der Waals surface area contributed by atoms with Crippen molar-refractivity contribution in [3.8, 4) is 0 Å². The molecule has 3 N–H and O–H groups in total. The van der Waals surface area contributed by atoms with Crippen molar-refractivity contribution >= 4 is 23.8 Å². The van der Waals surface area contributed by atoms with Gasteiger partial charge in [-0.2, -0.15) is 11.8 Å². The first-order valence-electron chi connectivity index (χ1n) is 6.98. The second-order valence-electron chi connectivity index (χ2n) is 5.60. The van der Waals surface area contributed by atoms with Gasteiger partial charge in [0.2, 0.25) is 0 Å². The molecule has 4 atom stereocenters. The van der Waals surface area contributed by atoms with Crippen molar-refractivity contribution in [3.63, 3.8) is 0 Å². The smallest absolute Gasteiger partial charge is 0.326 e. The lowest BCUT2D eigenvalue weighted by molar-refractivity contribution is -0.139. The number of likely N-dealkylation sites (tertiary alicyclic amines) is 1. The summed E-state index contributed by atoms with van der Waals surface area (Å²) in [7, 11) is 0. The average molecular weight is 302 g/mol. The fourth-order valence-electron chi connectivity index (χ4n) is 3.14. The summed E-state index contributed by atoms with van der Waals surface area (Å²) in [4.78, 5) is 24.9. The van der Waals surface area contributed by atoms with Gasteiger partial charge in [-0.25, -0.2) is 9.59 Å². The first-order valence-corrected chi connectivity index (χ1v) is 8.37. The number of aliphatic carboxylic acids is 1. The van der Waals surface area contributed by atoms with Crippen molar-refractivity contribution in [2.24, 2.45) is 11.8 Å². The van der Waals surface area contributed by atoms with Gasteiger partial charge >= 0.3 is 12.0 Å². The maximum absolute atomic E-state index is 12.1. The van der Waals surface area contributed by atoms with Crippen molar-refractivity contribution in [2.45, 2.75) is 31.4 Å². The zero-order valence-corrected chi connectivity index (χ0v) is 12.4. The Kier molecular flexibility index (Phi) is 5.15. The molecular weight excluding hydrogens is 280 g/mol. The third-order valence-electron chi connectivity index (χ3n) is 4.31. The van der Waals surface area contributed by atoms with Gasteiger partial charge in [0.25, 0.3) is 0 Å². The lowest BCUT2D eigenvalue weighted by Gasteiger charge is -2.22. The molecule has 6 nitrogen and oxygen atoms in total. The van der Waals surface area contributed by atoms with Crippen LogP contribution in [-0.2, 0) is 4.79 Å². The number of rotatable bonds is 5. The van der Waals surface area contributed by atoms with Crippen LogP contribution in [0.15, 0.2) is 0 Å². The van der Waals surface area contributed by atoms with E-state index in [-0.39, 0.29) is 18.1 Å². The number of carboxylic acids is 1. The number of fused-ring (bicyclic) bond motifs is 1. The van der Waals surface area contributed by atoms with Gasteiger partial charge in [-0.3, -0.25) is 0 Å². The topological polar surface area (TPSA) is 89.9 Å². The van der Waals surface area contributed by atoms with Gasteiger partial charge in [0, 0.05) is 19.0 Å². The highest BCUT2D eigenvalue weighted by Crippen LogP contribution is 2.37. The molecule has 7 heteroatoms. The lowest BCUT2D eigenvalue weighted by atomic mass is 10.00. The molecule has 1 aliphatic carbocycles. The number of carbonyl (C=O) groups excluding carboxylic acids is 1. The fourth-order valence-corrected chi connectivity index (χ4v) is 3.61. The van der Waals surface area contributed by atoms with Gasteiger partial charge in [0.05, 0.1) is 6.10 Å². The van der Waals surface area contributed by atoms with Crippen LogP contribution in [0.4, 0.5) is 4.79 Å². The van der Waals surface area contributed by atoms with Crippen LogP contribution in [0.5, 0.6) is 0 Å². The van der Waals surface area contributed by atoms with Crippen LogP contribution in [0.2, 0.25) is 0 Å². The minimum absolute atomic E-state index is 0.162. The number of nitrogens with one attached hydrogen (secondary N) is 1. The molecule has 1 saturated heterocycles. The van der Waals surface area contributed by atoms with Crippen LogP contribution < -0.4 is 5.32 Å². The van der Waals surface area contributed by atoms with Crippen LogP contribution in [0.3, 0.4) is 0 Å². The standard InChI is InChI=1S/C13H22N2O4S/c1-20-5-4-10(12(17)18)14-13(19)15-6-8-2-3-11(16)9(8)7-15/h8-11,16H,2-7H2,1H3,(H,14,19)(H,17,18)/t8?,9?,10-,11?/m1/s1. The third-order valence-corrected chi connectivity index (χ3v) is 4.96. The second kappa shape index (κ2) is 6.67. The number of aliphatic hydroxyl groups is 1. The quantitative estimate of drug-likeness (QED) is 0.692. The maximum Gasteiger partial charge on any atom is 0.326 e. The zero-order valence-electron chi connectivity index (χ0n) is 11.6. The van der Waals surface area contributed by atoms with E-state index < -0.39 is 12.0 Å². The van der Waals surface area contributed by atoms with Gasteiger partial charge in [-0.05, 0) is 37.2 Å². The number of nitrogens with zero attached hydrogens (tertiary/aromatic N) is 1. The summed E-state index contributed by atoms with van der Waals surface area (Å²) in [5.41, 5.74) is 0. The Labute approximate surface area is 122 Å². The molecule has 0 aromatic carbocycles. The highest BCUT2D eigenvalue weighted by atomic mass is 32.2. The summed E-state index contributed by atoms with van der Waals surface area (Å²) in [6.07, 6.45) is 3.78. The maximum atomic E-state index is 12.1. The summed E-state index contributed by atoms with van der Waals surface area (Å²) in [5.74, 6) is 0.230. The van der Waals surface area contributed by atoms with Crippen molar-refractivity contribution < 1.29 is 19.8 Å². The molecule has 2 fully saturated rings. The molecule has 3 unspecified atom stereocenters. The Morgan fingerprint density at radius 1 is 1.40 bits per heavy atom. The third kappa shape index (κ3) is 3.38. The van der Waals surface area contributed by atoms with E-state index in [4.69, 9.17) is 5.11 Å². The minimum atomic E-state index is -0.994. The summed E-state index contributed by atoms with van der Waals surface area (Å²) in [6.45, 7) is 1.16. The first kappa shape index (κ1) is 15.4. The predicted molar refractivity (Wildman–Crippen MR) is 76.7 cm³/mol. The van der Waals surface area contributed by atoms with Crippen molar-refractivity contribution in [1.82, 2.24) is 10.2 Å². The van der Waals surface area contributed by atoms with Crippen LogP contribution in [0.1, 0.15) is 19.3 Å². The number of carboxylic acid groups (broad SMARTS) is 1. The number of thioether (sulfide) groups is 1. The summed E-state index contributed by atoms with van der Waals surface area (Å²) < 4.78 is 0. The Balaban J connectivity index is 1.86. The van der Waals surface area contributed by atoms with E-state index in [1.54, 1.807) is 16.7 Å². The van der Waals surface area contributed by atoms with Crippen LogP contribution in [0.25, 0.3) is 0 Å². The summed E-state index contributed by atoms with van der Waals surface area (Å²) in [5, 5.41) is 21.5. The molecule has 2 rings (SSSR count). The van der Waals surface area contributed by atoms with E-state index in [0.29, 0.717) is 31.2 Å². The molecule has 0 aromatic heterocycles. The first-order chi connectivity index (χ1) is 9.52. The second-order valence-corrected chi connectivity index (χ2v) is 6.58. The van der Waals surface area contributed by atoms with E-state index >= 15 is 0 Å². The highest BCUT2D eigenvalue weighted by molar-refractivity contribution is 7.98. The predicted octanol–water partition coefficient (Wildman–Crippen LogP) is 0.605. The van der Waals surface area contributed by atoms with Crippen molar-refractivity contribution in [2.75, 3.05) is 25.1 Å². The average Bonchev–Trinajstić information content (AvgIpc) is 2.96. The monoisotopic (exact) mass is 302 g/mol. The zero-order chi connectivity index (χ0) is 14.7. The highest BCUT2D eigenvalue weighted by Gasteiger charge is 2.43. The van der Waals surface area contributed by atoms with Gasteiger partial charge in [-0.15, -0.1) is 0 Å². The molecule has 2 aliphatic rings. The van der Waals surface area contributed by atoms with Gasteiger partial charge < -0.3 is 20.4 Å². The molecule has 1 heterocycles. The Bertz CT molecular complexity index is 379. The van der Waals surface area contributed by atoms with Crippen LogP contribution >= 0.6 is 11.8 Å². The Hall–Kier alpha value is -0.950. The van der Waals surface area contributed by atoms with Crippen molar-refractivity contribution in [3.05, 3.63) is 0 Å². The number of urea groups is 1. The van der Waals surface area contributed by atoms with E-state index in [2.05, 4.69) is 5.32 Å². The molecule has 20 heavy (non-hydrogen) atoms. The molecule has 0 spiro atoms. The van der Waals surface area contributed by atoms with Gasteiger partial charge in [0.1, 0.15) is 6.04 Å². The number of aliphatic hydroxyl groups excluding tert-OH is 1. The molecule has 2 amide bonds. The molecule has 0 aromatic rings. The summed E-state index contributed by atoms with van der Waals surface area (Å²) in [6, 6.07) is -1.15. The largest absolute Gasteiger partial charge is 0.480 e. The molecule has 114 valence electrons. The van der Waals surface area contributed by atoms with E-state index in [1.165, 1.54) is 0 Å².